The molecule has 0 bridgehead atoms. The van der Waals surface area contributed by atoms with Crippen molar-refractivity contribution in [2.45, 2.75) is 46.5 Å². The number of carboxylic acid groups (broad SMARTS) is 1. The molecule has 1 atom stereocenters. The molecule has 0 saturated carbocycles. The zero-order valence-electron chi connectivity index (χ0n) is 10.8. The van der Waals surface area contributed by atoms with Crippen molar-refractivity contribution in [1.29, 1.82) is 0 Å². The van der Waals surface area contributed by atoms with Crippen LogP contribution in [0.15, 0.2) is 0 Å². The predicted octanol–water partition coefficient (Wildman–Crippen LogP) is 2.61. The Morgan fingerprint density at radius 3 is 2.75 bits per heavy atom. The van der Waals surface area contributed by atoms with E-state index in [1.165, 1.54) is 6.42 Å². The summed E-state index contributed by atoms with van der Waals surface area (Å²) in [6.07, 6.45) is 4.23. The van der Waals surface area contributed by atoms with E-state index < -0.39 is 5.97 Å². The minimum Gasteiger partial charge on any atom is -0.481 e. The lowest BCUT2D eigenvalue weighted by molar-refractivity contribution is -0.143. The molecule has 1 aliphatic heterocycles. The van der Waals surface area contributed by atoms with Gasteiger partial charge >= 0.3 is 5.97 Å². The van der Waals surface area contributed by atoms with Gasteiger partial charge in [-0.05, 0) is 37.8 Å². The predicted molar refractivity (Wildman–Crippen MR) is 65.5 cm³/mol. The van der Waals surface area contributed by atoms with Crippen molar-refractivity contribution >= 4 is 5.97 Å². The summed E-state index contributed by atoms with van der Waals surface area (Å²) in [5.74, 6) is -0.766. The van der Waals surface area contributed by atoms with Gasteiger partial charge < -0.3 is 10.0 Å². The Kier molecular flexibility index (Phi) is 4.78. The quantitative estimate of drug-likeness (QED) is 0.785. The number of hydrogen-bond donors (Lipinski definition) is 1. The summed E-state index contributed by atoms with van der Waals surface area (Å²) >= 11 is 0. The van der Waals surface area contributed by atoms with E-state index in [1.807, 2.05) is 0 Å². The highest BCUT2D eigenvalue weighted by Crippen LogP contribution is 2.26. The van der Waals surface area contributed by atoms with E-state index in [2.05, 4.69) is 25.7 Å². The van der Waals surface area contributed by atoms with Gasteiger partial charge in [0.05, 0.1) is 5.92 Å². The Bertz CT molecular complexity index is 238. The molecule has 1 unspecified atom stereocenters. The van der Waals surface area contributed by atoms with Crippen LogP contribution in [0.4, 0.5) is 0 Å². The van der Waals surface area contributed by atoms with Crippen molar-refractivity contribution in [3.8, 4) is 0 Å². The van der Waals surface area contributed by atoms with E-state index in [9.17, 15) is 4.79 Å². The first kappa shape index (κ1) is 13.5. The molecule has 0 aromatic carbocycles. The van der Waals surface area contributed by atoms with Crippen LogP contribution in [-0.2, 0) is 4.79 Å². The van der Waals surface area contributed by atoms with Crippen molar-refractivity contribution in [3.05, 3.63) is 0 Å². The van der Waals surface area contributed by atoms with Crippen molar-refractivity contribution < 1.29 is 9.90 Å². The van der Waals surface area contributed by atoms with Gasteiger partial charge in [0.1, 0.15) is 0 Å². The molecule has 1 saturated heterocycles. The highest BCUT2D eigenvalue weighted by atomic mass is 16.4. The standard InChI is InChI=1S/C13H25NO2/c1-4-13(2,3)7-9-14-8-5-6-11(10-14)12(15)16/h11H,4-10H2,1-3H3,(H,15,16). The monoisotopic (exact) mass is 227 g/mol. The molecule has 0 aromatic heterocycles. The second-order valence-electron chi connectivity index (χ2n) is 5.75. The van der Waals surface area contributed by atoms with Gasteiger partial charge in [-0.1, -0.05) is 27.2 Å². The van der Waals surface area contributed by atoms with Gasteiger partial charge in [-0.15, -0.1) is 0 Å². The molecule has 1 N–H and O–H groups in total. The smallest absolute Gasteiger partial charge is 0.307 e. The van der Waals surface area contributed by atoms with E-state index in [0.717, 1.165) is 38.9 Å². The SMILES string of the molecule is CCC(C)(C)CCN1CCCC(C(=O)O)C1. The zero-order chi connectivity index (χ0) is 12.2. The van der Waals surface area contributed by atoms with E-state index in [-0.39, 0.29) is 5.92 Å². The van der Waals surface area contributed by atoms with Crippen LogP contribution < -0.4 is 0 Å². The molecule has 0 spiro atoms. The van der Waals surface area contributed by atoms with Gasteiger partial charge in [0, 0.05) is 6.54 Å². The average Bonchev–Trinajstić information content (AvgIpc) is 2.27. The van der Waals surface area contributed by atoms with Crippen LogP contribution in [0.5, 0.6) is 0 Å². The van der Waals surface area contributed by atoms with E-state index in [4.69, 9.17) is 5.11 Å². The maximum atomic E-state index is 10.9. The number of carbonyl (C=O) groups is 1. The van der Waals surface area contributed by atoms with Crippen LogP contribution in [0, 0.1) is 11.3 Å². The molecule has 16 heavy (non-hydrogen) atoms. The fourth-order valence-electron chi connectivity index (χ4n) is 2.10. The van der Waals surface area contributed by atoms with Crippen LogP contribution >= 0.6 is 0 Å². The molecule has 94 valence electrons. The van der Waals surface area contributed by atoms with E-state index in [0.29, 0.717) is 5.41 Å². The Hall–Kier alpha value is -0.570. The molecule has 3 nitrogen and oxygen atoms in total. The lowest BCUT2D eigenvalue weighted by Crippen LogP contribution is -2.40. The van der Waals surface area contributed by atoms with Gasteiger partial charge in [-0.25, -0.2) is 0 Å². The van der Waals surface area contributed by atoms with Crippen molar-refractivity contribution in [3.63, 3.8) is 0 Å². The number of likely N-dealkylation sites (tertiary alicyclic amines) is 1. The summed E-state index contributed by atoms with van der Waals surface area (Å²) in [4.78, 5) is 13.2. The molecular formula is C13H25NO2. The zero-order valence-corrected chi connectivity index (χ0v) is 10.8. The van der Waals surface area contributed by atoms with Gasteiger partial charge in [-0.2, -0.15) is 0 Å². The lowest BCUT2D eigenvalue weighted by atomic mass is 9.86. The molecule has 3 heteroatoms. The minimum absolute atomic E-state index is 0.140. The summed E-state index contributed by atoms with van der Waals surface area (Å²) in [6.45, 7) is 9.65. The molecule has 0 radical (unpaired) electrons. The first-order valence-corrected chi connectivity index (χ1v) is 6.40. The molecule has 0 amide bonds. The third-order valence-corrected chi connectivity index (χ3v) is 3.92. The second-order valence-corrected chi connectivity index (χ2v) is 5.75. The van der Waals surface area contributed by atoms with E-state index in [1.54, 1.807) is 0 Å². The van der Waals surface area contributed by atoms with Crippen LogP contribution in [0.1, 0.15) is 46.5 Å². The second kappa shape index (κ2) is 5.67. The molecule has 1 heterocycles. The van der Waals surface area contributed by atoms with Gasteiger partial charge in [0.15, 0.2) is 0 Å². The van der Waals surface area contributed by atoms with Crippen molar-refractivity contribution in [1.82, 2.24) is 4.90 Å². The minimum atomic E-state index is -0.626. The number of hydrogen-bond acceptors (Lipinski definition) is 2. The summed E-state index contributed by atoms with van der Waals surface area (Å²) in [5.41, 5.74) is 0.385. The Morgan fingerprint density at radius 1 is 1.50 bits per heavy atom. The van der Waals surface area contributed by atoms with Crippen LogP contribution in [-0.4, -0.2) is 35.6 Å². The number of carboxylic acids is 1. The number of nitrogens with zero attached hydrogens (tertiary/aromatic N) is 1. The normalized spacial score (nSPS) is 23.3. The van der Waals surface area contributed by atoms with E-state index >= 15 is 0 Å². The molecule has 1 aliphatic rings. The highest BCUT2D eigenvalue weighted by molar-refractivity contribution is 5.70. The summed E-state index contributed by atoms with van der Waals surface area (Å²) in [6, 6.07) is 0. The fourth-order valence-corrected chi connectivity index (χ4v) is 2.10. The molecule has 0 aliphatic carbocycles. The Labute approximate surface area is 98.8 Å². The number of aliphatic carboxylic acids is 1. The average molecular weight is 227 g/mol. The Balaban J connectivity index is 2.35. The van der Waals surface area contributed by atoms with Crippen LogP contribution in [0.2, 0.25) is 0 Å². The van der Waals surface area contributed by atoms with Crippen molar-refractivity contribution in [2.24, 2.45) is 11.3 Å². The van der Waals surface area contributed by atoms with Crippen LogP contribution in [0.25, 0.3) is 0 Å². The number of rotatable bonds is 5. The van der Waals surface area contributed by atoms with Crippen molar-refractivity contribution in [2.75, 3.05) is 19.6 Å². The largest absolute Gasteiger partial charge is 0.481 e. The summed E-state index contributed by atoms with van der Waals surface area (Å²) in [7, 11) is 0. The van der Waals surface area contributed by atoms with Gasteiger partial charge in [-0.3, -0.25) is 4.79 Å². The number of piperidine rings is 1. The third-order valence-electron chi connectivity index (χ3n) is 3.92. The summed E-state index contributed by atoms with van der Waals surface area (Å²) in [5, 5.41) is 9.00. The topological polar surface area (TPSA) is 40.5 Å². The first-order valence-electron chi connectivity index (χ1n) is 6.40. The summed E-state index contributed by atoms with van der Waals surface area (Å²) < 4.78 is 0. The Morgan fingerprint density at radius 2 is 2.19 bits per heavy atom. The van der Waals surface area contributed by atoms with Gasteiger partial charge in [0.25, 0.3) is 0 Å². The first-order chi connectivity index (χ1) is 7.44. The maximum absolute atomic E-state index is 10.9. The fraction of sp³-hybridized carbons (Fsp3) is 0.923. The molecule has 1 fully saturated rings. The third kappa shape index (κ3) is 4.12. The van der Waals surface area contributed by atoms with Crippen LogP contribution in [0.3, 0.4) is 0 Å². The molecular weight excluding hydrogens is 202 g/mol. The highest BCUT2D eigenvalue weighted by Gasteiger charge is 2.26. The van der Waals surface area contributed by atoms with Gasteiger partial charge in [0.2, 0.25) is 0 Å². The molecule has 0 aromatic rings. The maximum Gasteiger partial charge on any atom is 0.307 e. The molecule has 1 rings (SSSR count). The lowest BCUT2D eigenvalue weighted by Gasteiger charge is -2.33.